The predicted octanol–water partition coefficient (Wildman–Crippen LogP) is 4.97. The van der Waals surface area contributed by atoms with Crippen LogP contribution in [0.3, 0.4) is 0 Å². The van der Waals surface area contributed by atoms with Gasteiger partial charge in [0.1, 0.15) is 5.82 Å². The fraction of sp³-hybridized carbons (Fsp3) is 0.462. The van der Waals surface area contributed by atoms with Crippen LogP contribution < -0.4 is 0 Å². The quantitative estimate of drug-likeness (QED) is 0.588. The van der Waals surface area contributed by atoms with E-state index in [1.165, 1.54) is 55.3 Å². The molecule has 2 unspecified atom stereocenters. The summed E-state index contributed by atoms with van der Waals surface area (Å²) in [7, 11) is 0. The highest BCUT2D eigenvalue weighted by Crippen LogP contribution is 2.31. The molecule has 0 saturated carbocycles. The van der Waals surface area contributed by atoms with E-state index in [1.54, 1.807) is 6.07 Å². The molecule has 2 atom stereocenters. The van der Waals surface area contributed by atoms with Crippen LogP contribution in [0.5, 0.6) is 0 Å². The lowest BCUT2D eigenvalue weighted by Crippen LogP contribution is -2.52. The molecule has 0 spiro atoms. The molecule has 5 rings (SSSR count). The molecular formula is C26H32FN3S. The molecule has 31 heavy (non-hydrogen) atoms. The summed E-state index contributed by atoms with van der Waals surface area (Å²) >= 11 is 2.18. The Kier molecular flexibility index (Phi) is 6.63. The number of piperazine rings is 1. The molecule has 5 heteroatoms. The van der Waals surface area contributed by atoms with Crippen LogP contribution in [-0.2, 0) is 12.8 Å². The van der Waals surface area contributed by atoms with E-state index in [4.69, 9.17) is 0 Å². The van der Waals surface area contributed by atoms with Crippen molar-refractivity contribution in [1.29, 1.82) is 0 Å². The van der Waals surface area contributed by atoms with E-state index in [9.17, 15) is 4.39 Å². The summed E-state index contributed by atoms with van der Waals surface area (Å²) in [6, 6.07) is 16.7. The van der Waals surface area contributed by atoms with Crippen LogP contribution in [0.2, 0.25) is 0 Å². The Bertz CT molecular complexity index is 973. The largest absolute Gasteiger partial charge is 0.361 e. The van der Waals surface area contributed by atoms with Gasteiger partial charge in [0.15, 0.2) is 0 Å². The van der Waals surface area contributed by atoms with E-state index in [2.05, 4.69) is 56.9 Å². The highest BCUT2D eigenvalue weighted by Gasteiger charge is 2.28. The average Bonchev–Trinajstić information content (AvgIpc) is 3.21. The van der Waals surface area contributed by atoms with Gasteiger partial charge in [-0.1, -0.05) is 30.3 Å². The number of hydrogen-bond acceptors (Lipinski definition) is 3. The molecule has 3 heterocycles. The second-order valence-electron chi connectivity index (χ2n) is 9.01. The zero-order chi connectivity index (χ0) is 21.0. The van der Waals surface area contributed by atoms with Crippen LogP contribution in [0.1, 0.15) is 24.0 Å². The highest BCUT2D eigenvalue weighted by molar-refractivity contribution is 8.00. The second kappa shape index (κ2) is 9.76. The first-order chi connectivity index (χ1) is 15.2. The highest BCUT2D eigenvalue weighted by atomic mass is 32.2. The first-order valence-corrected chi connectivity index (χ1v) is 12.7. The number of H-pyrrole nitrogens is 1. The zero-order valence-electron chi connectivity index (χ0n) is 18.1. The maximum absolute atomic E-state index is 13.6. The van der Waals surface area contributed by atoms with E-state index in [0.29, 0.717) is 0 Å². The third kappa shape index (κ3) is 5.16. The van der Waals surface area contributed by atoms with Gasteiger partial charge in [0, 0.05) is 66.9 Å². The van der Waals surface area contributed by atoms with Crippen molar-refractivity contribution in [2.75, 3.05) is 38.5 Å². The number of fused-ring (bicyclic) bond motifs is 1. The normalized spacial score (nSPS) is 23.4. The summed E-state index contributed by atoms with van der Waals surface area (Å²) in [5.41, 5.74) is 3.73. The molecule has 1 N–H and O–H groups in total. The van der Waals surface area contributed by atoms with Crippen LogP contribution in [0.25, 0.3) is 10.9 Å². The number of aromatic amines is 1. The van der Waals surface area contributed by atoms with Crippen LogP contribution in [0.15, 0.2) is 54.7 Å². The van der Waals surface area contributed by atoms with Crippen molar-refractivity contribution in [3.05, 3.63) is 71.7 Å². The molecule has 1 aromatic heterocycles. The van der Waals surface area contributed by atoms with E-state index in [0.717, 1.165) is 48.2 Å². The lowest BCUT2D eigenvalue weighted by Gasteiger charge is -2.41. The van der Waals surface area contributed by atoms with Gasteiger partial charge in [-0.2, -0.15) is 11.8 Å². The number of rotatable bonds is 6. The Morgan fingerprint density at radius 2 is 1.84 bits per heavy atom. The van der Waals surface area contributed by atoms with Gasteiger partial charge in [-0.3, -0.25) is 4.90 Å². The lowest BCUT2D eigenvalue weighted by molar-refractivity contribution is 0.0989. The summed E-state index contributed by atoms with van der Waals surface area (Å²) in [4.78, 5) is 8.57. The predicted molar refractivity (Wildman–Crippen MR) is 129 cm³/mol. The van der Waals surface area contributed by atoms with Gasteiger partial charge in [0.05, 0.1) is 0 Å². The summed E-state index contributed by atoms with van der Waals surface area (Å²) in [5, 5.41) is 1.81. The first-order valence-electron chi connectivity index (χ1n) is 11.6. The Morgan fingerprint density at radius 3 is 2.61 bits per heavy atom. The van der Waals surface area contributed by atoms with Gasteiger partial charge < -0.3 is 9.88 Å². The number of thioether (sulfide) groups is 1. The van der Waals surface area contributed by atoms with Crippen LogP contribution in [0, 0.1) is 5.82 Å². The molecule has 0 radical (unpaired) electrons. The molecule has 2 aliphatic heterocycles. The maximum atomic E-state index is 13.6. The third-order valence-electron chi connectivity index (χ3n) is 7.00. The molecule has 164 valence electrons. The van der Waals surface area contributed by atoms with E-state index in [1.807, 2.05) is 12.3 Å². The van der Waals surface area contributed by atoms with Crippen molar-refractivity contribution >= 4 is 22.7 Å². The minimum absolute atomic E-state index is 0.154. The van der Waals surface area contributed by atoms with Crippen molar-refractivity contribution in [3.8, 4) is 0 Å². The molecule has 0 amide bonds. The zero-order valence-corrected chi connectivity index (χ0v) is 18.9. The van der Waals surface area contributed by atoms with Crippen molar-refractivity contribution in [2.24, 2.45) is 0 Å². The Balaban J connectivity index is 1.06. The van der Waals surface area contributed by atoms with Gasteiger partial charge in [-0.25, -0.2) is 4.39 Å². The summed E-state index contributed by atoms with van der Waals surface area (Å²) in [6.45, 7) is 5.70. The van der Waals surface area contributed by atoms with Crippen LogP contribution in [0.4, 0.5) is 4.39 Å². The molecule has 0 bridgehead atoms. The summed E-state index contributed by atoms with van der Waals surface area (Å²) < 4.78 is 13.6. The van der Waals surface area contributed by atoms with E-state index in [-0.39, 0.29) is 5.82 Å². The van der Waals surface area contributed by atoms with Gasteiger partial charge in [0.2, 0.25) is 0 Å². The molecule has 0 aliphatic carbocycles. The fourth-order valence-corrected chi connectivity index (χ4v) is 6.59. The molecule has 2 fully saturated rings. The molecule has 3 aromatic rings. The minimum atomic E-state index is -0.154. The number of halogens is 1. The fourth-order valence-electron chi connectivity index (χ4n) is 5.11. The third-order valence-corrected chi connectivity index (χ3v) is 8.45. The number of benzene rings is 2. The summed E-state index contributed by atoms with van der Waals surface area (Å²) in [5.74, 6) is 1.12. The van der Waals surface area contributed by atoms with Crippen LogP contribution >= 0.6 is 11.8 Å². The Hall–Kier alpha value is -1.82. The van der Waals surface area contributed by atoms with Gasteiger partial charge in [0.25, 0.3) is 0 Å². The summed E-state index contributed by atoms with van der Waals surface area (Å²) in [6.07, 6.45) is 6.91. The second-order valence-corrected chi connectivity index (χ2v) is 10.3. The van der Waals surface area contributed by atoms with Gasteiger partial charge in [-0.05, 0) is 55.0 Å². The number of aromatic nitrogens is 1. The number of nitrogens with one attached hydrogen (secondary N) is 1. The maximum Gasteiger partial charge on any atom is 0.123 e. The molecule has 2 aliphatic rings. The van der Waals surface area contributed by atoms with Crippen LogP contribution in [-0.4, -0.2) is 64.6 Å². The van der Waals surface area contributed by atoms with Gasteiger partial charge in [-0.15, -0.1) is 0 Å². The Labute approximate surface area is 189 Å². The lowest BCUT2D eigenvalue weighted by atomic mass is 10.0. The smallest absolute Gasteiger partial charge is 0.123 e. The monoisotopic (exact) mass is 437 g/mol. The topological polar surface area (TPSA) is 22.3 Å². The minimum Gasteiger partial charge on any atom is -0.361 e. The van der Waals surface area contributed by atoms with Crippen molar-refractivity contribution in [3.63, 3.8) is 0 Å². The molecule has 3 nitrogen and oxygen atoms in total. The number of nitrogens with zero attached hydrogens (tertiary/aromatic N) is 2. The standard InChI is InChI=1S/C26H32FN3S/c27-22-6-9-26-25(17-22)21(18-28-26)10-11-29-12-14-30(15-13-29)23-7-8-24(31-19-23)16-20-4-2-1-3-5-20/h1-6,9,17-18,23-24,28H,7-8,10-16,19H2. The molecule has 2 saturated heterocycles. The van der Waals surface area contributed by atoms with Gasteiger partial charge >= 0.3 is 0 Å². The molecule has 2 aromatic carbocycles. The molecular weight excluding hydrogens is 405 g/mol. The van der Waals surface area contributed by atoms with E-state index >= 15 is 0 Å². The van der Waals surface area contributed by atoms with Crippen molar-refractivity contribution < 1.29 is 4.39 Å². The first kappa shape index (κ1) is 21.0. The SMILES string of the molecule is Fc1ccc2[nH]cc(CCN3CCN(C4CCC(Cc5ccccc5)SC4)CC3)c2c1. The average molecular weight is 438 g/mol. The Morgan fingerprint density at radius 1 is 1.00 bits per heavy atom. The van der Waals surface area contributed by atoms with E-state index < -0.39 is 0 Å². The number of hydrogen-bond donors (Lipinski definition) is 1. The van der Waals surface area contributed by atoms with Crippen molar-refractivity contribution in [2.45, 2.75) is 37.0 Å². The van der Waals surface area contributed by atoms with Crippen molar-refractivity contribution in [1.82, 2.24) is 14.8 Å².